The molecule has 2 unspecified atom stereocenters. The largest absolute Gasteiger partial charge is 0.437 e. The van der Waals surface area contributed by atoms with Crippen molar-refractivity contribution < 1.29 is 22.3 Å². The Balaban J connectivity index is 3.83. The minimum absolute atomic E-state index is 2.50. The van der Waals surface area contributed by atoms with E-state index in [0.29, 0.717) is 0 Å². The summed E-state index contributed by atoms with van der Waals surface area (Å²) in [7, 11) is -8.29. The van der Waals surface area contributed by atoms with Crippen LogP contribution in [-0.4, -0.2) is 29.7 Å². The summed E-state index contributed by atoms with van der Waals surface area (Å²) in [5, 5.41) is 0. The van der Waals surface area contributed by atoms with Gasteiger partial charge < -0.3 is 13.9 Å². The van der Waals surface area contributed by atoms with E-state index in [0.717, 1.165) is 0 Å². The minimum Gasteiger partial charge on any atom is -0.412 e. The molecule has 0 radical (unpaired) electrons. The Morgan fingerprint density at radius 2 is 1.38 bits per heavy atom. The van der Waals surface area contributed by atoms with Crippen LogP contribution in [0.3, 0.4) is 0 Å². The molecule has 0 spiro atoms. The highest BCUT2D eigenvalue weighted by molar-refractivity contribution is 8.37. The highest BCUT2D eigenvalue weighted by Crippen LogP contribution is 1.84. The molecule has 8 heteroatoms. The summed E-state index contributed by atoms with van der Waals surface area (Å²) < 4.78 is 35.3. The molecule has 0 rings (SSSR count). The van der Waals surface area contributed by atoms with Crippen molar-refractivity contribution in [3.8, 4) is 0 Å². The molecule has 0 saturated carbocycles. The Kier molecular flexibility index (Phi) is 3.60. The monoisotopic (exact) mass is 176 g/mol. The number of hydrogen-bond acceptors (Lipinski definition) is 3. The van der Waals surface area contributed by atoms with Crippen molar-refractivity contribution in [2.75, 3.05) is 0 Å². The minimum atomic E-state index is -3.29. The summed E-state index contributed by atoms with van der Waals surface area (Å²) in [4.78, 5) is 8.24. The van der Waals surface area contributed by atoms with Gasteiger partial charge in [0.1, 0.15) is 0 Å². The van der Waals surface area contributed by atoms with Gasteiger partial charge in [-0.2, -0.15) is 0 Å². The van der Waals surface area contributed by atoms with Crippen LogP contribution in [0.25, 0.3) is 0 Å². The Hall–Kier alpha value is 0.397. The Bertz CT molecular complexity index is 106. The first-order chi connectivity index (χ1) is 3.55. The van der Waals surface area contributed by atoms with Crippen molar-refractivity contribution in [2.45, 2.75) is 0 Å². The van der Waals surface area contributed by atoms with Crippen molar-refractivity contribution in [3.05, 3.63) is 0 Å². The van der Waals surface area contributed by atoms with Gasteiger partial charge in [0.2, 0.25) is 0 Å². The SMILES string of the molecule is O=S(O)[SiH](O)S(=O)O. The van der Waals surface area contributed by atoms with Crippen molar-refractivity contribution in [1.29, 1.82) is 0 Å². The number of hydrogen-bond donors (Lipinski definition) is 3. The summed E-state index contributed by atoms with van der Waals surface area (Å²) in [5.74, 6) is 0. The van der Waals surface area contributed by atoms with Crippen LogP contribution in [0.4, 0.5) is 0 Å². The van der Waals surface area contributed by atoms with Gasteiger partial charge in [-0.3, -0.25) is 0 Å². The highest BCUT2D eigenvalue weighted by Gasteiger charge is 2.21. The maximum atomic E-state index is 9.71. The molecule has 0 heterocycles. The lowest BCUT2D eigenvalue weighted by molar-refractivity contribution is 0.541. The lowest BCUT2D eigenvalue weighted by atomic mass is 15.9. The Morgan fingerprint density at radius 1 is 1.12 bits per heavy atom. The predicted octanol–water partition coefficient (Wildman–Crippen LogP) is -1.86. The highest BCUT2D eigenvalue weighted by atomic mass is 32.6. The maximum Gasteiger partial charge on any atom is 0.437 e. The third kappa shape index (κ3) is 2.64. The summed E-state index contributed by atoms with van der Waals surface area (Å²) in [6, 6.07) is 0. The van der Waals surface area contributed by atoms with E-state index in [9.17, 15) is 8.42 Å². The van der Waals surface area contributed by atoms with E-state index in [2.05, 4.69) is 0 Å². The molecule has 0 aliphatic rings. The van der Waals surface area contributed by atoms with E-state index in [4.69, 9.17) is 13.9 Å². The molecule has 8 heavy (non-hydrogen) atoms. The van der Waals surface area contributed by atoms with Crippen LogP contribution < -0.4 is 0 Å². The summed E-state index contributed by atoms with van der Waals surface area (Å²) in [5.41, 5.74) is 0. The fourth-order valence-corrected chi connectivity index (χ4v) is 1.90. The van der Waals surface area contributed by atoms with Gasteiger partial charge in [0, 0.05) is 0 Å². The molecule has 5 nitrogen and oxygen atoms in total. The molecule has 0 aliphatic carbocycles. The molecule has 0 aliphatic heterocycles. The summed E-state index contributed by atoms with van der Waals surface area (Å²) in [6.45, 7) is 0. The zero-order valence-corrected chi connectivity index (χ0v) is 6.34. The van der Waals surface area contributed by atoms with E-state index < -0.39 is 28.4 Å². The third-order valence-electron chi connectivity index (χ3n) is 0.345. The van der Waals surface area contributed by atoms with Gasteiger partial charge in [-0.1, -0.05) is 0 Å². The molecule has 0 saturated heterocycles. The van der Waals surface area contributed by atoms with Crippen molar-refractivity contribution in [1.82, 2.24) is 0 Å². The van der Waals surface area contributed by atoms with Gasteiger partial charge >= 0.3 is 7.34 Å². The first-order valence-electron chi connectivity index (χ1n) is 1.43. The van der Waals surface area contributed by atoms with E-state index >= 15 is 0 Å². The average Bonchev–Trinajstić information content (AvgIpc) is 1.64. The van der Waals surface area contributed by atoms with E-state index in [1.165, 1.54) is 0 Å². The molecule has 0 aromatic carbocycles. The molecule has 0 amide bonds. The zero-order chi connectivity index (χ0) is 6.73. The quantitative estimate of drug-likeness (QED) is 0.339. The standard InChI is InChI=1S/H4O5S2Si/c1-6(2)8(5)7(3)4/h5,8H,(H,1,2)(H,3,4). The molecule has 0 bridgehead atoms. The lowest BCUT2D eigenvalue weighted by Gasteiger charge is -1.92. The van der Waals surface area contributed by atoms with Gasteiger partial charge in [0.05, 0.1) is 0 Å². The fraction of sp³-hybridized carbons (Fsp3) is 0. The Labute approximate surface area is 51.3 Å². The van der Waals surface area contributed by atoms with E-state index in [-0.39, 0.29) is 0 Å². The van der Waals surface area contributed by atoms with Crippen LogP contribution in [0.5, 0.6) is 0 Å². The molecular weight excluding hydrogens is 172 g/mol. The van der Waals surface area contributed by atoms with Crippen molar-refractivity contribution >= 4 is 28.4 Å². The summed E-state index contributed by atoms with van der Waals surface area (Å²) in [6.07, 6.45) is 0. The first kappa shape index (κ1) is 8.40. The van der Waals surface area contributed by atoms with Crippen LogP contribution in [-0.2, 0) is 21.1 Å². The molecule has 0 aromatic heterocycles. The average molecular weight is 176 g/mol. The lowest BCUT2D eigenvalue weighted by Crippen LogP contribution is -2.25. The van der Waals surface area contributed by atoms with E-state index in [1.54, 1.807) is 0 Å². The van der Waals surface area contributed by atoms with Crippen LogP contribution in [0.2, 0.25) is 0 Å². The predicted molar refractivity (Wildman–Crippen MR) is 30.9 cm³/mol. The van der Waals surface area contributed by atoms with Crippen molar-refractivity contribution in [2.24, 2.45) is 0 Å². The smallest absolute Gasteiger partial charge is 0.412 e. The van der Waals surface area contributed by atoms with Gasteiger partial charge in [-0.15, -0.1) is 0 Å². The third-order valence-corrected chi connectivity index (χ3v) is 6.07. The van der Waals surface area contributed by atoms with Crippen LogP contribution in [0, 0.1) is 0 Å². The van der Waals surface area contributed by atoms with Gasteiger partial charge in [0.25, 0.3) is 0 Å². The molecule has 0 aromatic rings. The topological polar surface area (TPSA) is 94.8 Å². The fourth-order valence-electron chi connectivity index (χ4n) is 0.0704. The van der Waals surface area contributed by atoms with Crippen molar-refractivity contribution in [3.63, 3.8) is 0 Å². The molecule has 3 N–H and O–H groups in total. The second kappa shape index (κ2) is 3.43. The van der Waals surface area contributed by atoms with Crippen LogP contribution in [0.15, 0.2) is 0 Å². The molecule has 0 fully saturated rings. The van der Waals surface area contributed by atoms with E-state index in [1.807, 2.05) is 0 Å². The molecule has 2 atom stereocenters. The maximum absolute atomic E-state index is 9.71. The Morgan fingerprint density at radius 3 is 1.38 bits per heavy atom. The van der Waals surface area contributed by atoms with Gasteiger partial charge in [0.15, 0.2) is 21.1 Å². The second-order valence-electron chi connectivity index (χ2n) is 0.859. The second-order valence-corrected chi connectivity index (χ2v) is 8.57. The zero-order valence-electron chi connectivity index (χ0n) is 3.55. The van der Waals surface area contributed by atoms with Crippen LogP contribution >= 0.6 is 0 Å². The van der Waals surface area contributed by atoms with Crippen LogP contribution in [0.1, 0.15) is 0 Å². The normalized spacial score (nSPS) is 21.9. The molecule has 50 valence electrons. The van der Waals surface area contributed by atoms with Gasteiger partial charge in [-0.05, 0) is 0 Å². The molecular formula is H4O5S2Si. The first-order valence-corrected chi connectivity index (χ1v) is 7.11. The van der Waals surface area contributed by atoms with Gasteiger partial charge in [-0.25, -0.2) is 8.42 Å². The number of rotatable bonds is 2. The summed E-state index contributed by atoms with van der Waals surface area (Å²) >= 11 is 0.